The summed E-state index contributed by atoms with van der Waals surface area (Å²) in [4.78, 5) is 20.0. The number of aliphatic imine (C=N–C) groups is 1. The molecule has 1 aliphatic heterocycles. The Hall–Kier alpha value is -2.75. The van der Waals surface area contributed by atoms with E-state index in [1.54, 1.807) is 35.7 Å². The summed E-state index contributed by atoms with van der Waals surface area (Å²) in [6, 6.07) is 3.62. The Bertz CT molecular complexity index is 904. The number of hydrazine groups is 1. The van der Waals surface area contributed by atoms with E-state index in [2.05, 4.69) is 25.8 Å². The number of nitrogens with two attached hydrogens (primary N) is 1. The van der Waals surface area contributed by atoms with E-state index in [0.29, 0.717) is 18.1 Å². The normalized spacial score (nSPS) is 14.1. The van der Waals surface area contributed by atoms with Crippen LogP contribution in [-0.2, 0) is 16.9 Å². The van der Waals surface area contributed by atoms with Crippen LogP contribution in [-0.4, -0.2) is 45.1 Å². The molecule has 2 aromatic rings. The molecule has 0 aliphatic carbocycles. The smallest absolute Gasteiger partial charge is 0.234 e. The van der Waals surface area contributed by atoms with Gasteiger partial charge in [-0.2, -0.15) is 5.10 Å². The second-order valence-corrected chi connectivity index (χ2v) is 7.26. The van der Waals surface area contributed by atoms with Gasteiger partial charge in [0, 0.05) is 24.5 Å². The van der Waals surface area contributed by atoms with Crippen molar-refractivity contribution in [2.75, 3.05) is 13.1 Å². The summed E-state index contributed by atoms with van der Waals surface area (Å²) in [5, 5.41) is 9.53. The zero-order chi connectivity index (χ0) is 20.1. The van der Waals surface area contributed by atoms with Crippen LogP contribution in [0.1, 0.15) is 25.1 Å². The van der Waals surface area contributed by atoms with Gasteiger partial charge in [-0.25, -0.2) is 15.1 Å². The van der Waals surface area contributed by atoms with Crippen LogP contribution in [0.15, 0.2) is 41.9 Å². The zero-order valence-corrected chi connectivity index (χ0v) is 16.5. The lowest BCUT2D eigenvalue weighted by Gasteiger charge is -2.34. The third-order valence-corrected chi connectivity index (χ3v) is 4.45. The second-order valence-electron chi connectivity index (χ2n) is 6.86. The molecule has 0 radical (unpaired) electrons. The van der Waals surface area contributed by atoms with Crippen molar-refractivity contribution in [1.29, 1.82) is 0 Å². The highest BCUT2D eigenvalue weighted by Crippen LogP contribution is 2.26. The van der Waals surface area contributed by atoms with Crippen molar-refractivity contribution in [3.05, 3.63) is 53.2 Å². The second kappa shape index (κ2) is 8.51. The van der Waals surface area contributed by atoms with Gasteiger partial charge in [-0.3, -0.25) is 14.8 Å². The first-order chi connectivity index (χ1) is 13.4. The summed E-state index contributed by atoms with van der Waals surface area (Å²) in [5.41, 5.74) is 10.7. The maximum Gasteiger partial charge on any atom is 0.234 e. The van der Waals surface area contributed by atoms with Crippen LogP contribution in [0.5, 0.6) is 0 Å². The fourth-order valence-corrected chi connectivity index (χ4v) is 3.15. The average molecular weight is 403 g/mol. The summed E-state index contributed by atoms with van der Waals surface area (Å²) in [5.74, 6) is -0.208. The monoisotopic (exact) mass is 402 g/mol. The Kier molecular flexibility index (Phi) is 6.08. The fourth-order valence-electron chi connectivity index (χ4n) is 2.79. The first-order valence-corrected chi connectivity index (χ1v) is 9.15. The molecule has 3 rings (SSSR count). The van der Waals surface area contributed by atoms with Crippen molar-refractivity contribution in [2.24, 2.45) is 10.7 Å². The maximum atomic E-state index is 11.3. The van der Waals surface area contributed by atoms with Crippen LogP contribution in [0.25, 0.3) is 5.70 Å². The standard InChI is InChI=1S/C18H23ClN8O/c1-18(2,17-15(19)4-3-5-22-17)25-26-11-14(9-21-12-26)27-10-13(8-24-27)7-23-16(28)6-20/h3-5,8-10,12,25H,6-7,11,20H2,1-2H3,(H,23,28). The van der Waals surface area contributed by atoms with Crippen molar-refractivity contribution < 1.29 is 4.79 Å². The summed E-state index contributed by atoms with van der Waals surface area (Å²) in [7, 11) is 0. The van der Waals surface area contributed by atoms with E-state index < -0.39 is 5.54 Å². The zero-order valence-electron chi connectivity index (χ0n) is 15.8. The summed E-state index contributed by atoms with van der Waals surface area (Å²) in [6.45, 7) is 4.87. The Morgan fingerprint density at radius 3 is 3.00 bits per heavy atom. The molecule has 2 aromatic heterocycles. The molecule has 0 saturated heterocycles. The average Bonchev–Trinajstić information content (AvgIpc) is 3.15. The molecule has 148 valence electrons. The van der Waals surface area contributed by atoms with Gasteiger partial charge >= 0.3 is 0 Å². The molecule has 0 spiro atoms. The van der Waals surface area contributed by atoms with Crippen LogP contribution < -0.4 is 16.5 Å². The Morgan fingerprint density at radius 2 is 2.25 bits per heavy atom. The van der Waals surface area contributed by atoms with Crippen LogP contribution in [0, 0.1) is 0 Å². The molecule has 0 atom stereocenters. The number of aromatic nitrogens is 3. The van der Waals surface area contributed by atoms with Crippen LogP contribution in [0.3, 0.4) is 0 Å². The Morgan fingerprint density at radius 1 is 1.43 bits per heavy atom. The summed E-state index contributed by atoms with van der Waals surface area (Å²) < 4.78 is 1.73. The topological polar surface area (TPSA) is 113 Å². The molecular formula is C18H23ClN8O. The number of hydrogen-bond donors (Lipinski definition) is 3. The largest absolute Gasteiger partial charge is 0.351 e. The van der Waals surface area contributed by atoms with Crippen LogP contribution in [0.4, 0.5) is 0 Å². The number of rotatable bonds is 7. The van der Waals surface area contributed by atoms with E-state index in [9.17, 15) is 4.79 Å². The highest BCUT2D eigenvalue weighted by atomic mass is 35.5. The minimum atomic E-state index is -0.505. The quantitative estimate of drug-likeness (QED) is 0.638. The van der Waals surface area contributed by atoms with Crippen LogP contribution >= 0.6 is 11.6 Å². The van der Waals surface area contributed by atoms with Crippen molar-refractivity contribution in [1.82, 2.24) is 30.5 Å². The molecule has 10 heteroatoms. The predicted molar refractivity (Wildman–Crippen MR) is 108 cm³/mol. The maximum absolute atomic E-state index is 11.3. The number of carbonyl (C=O) groups is 1. The van der Waals surface area contributed by atoms with Crippen molar-refractivity contribution in [3.8, 4) is 0 Å². The number of amides is 1. The molecule has 4 N–H and O–H groups in total. The minimum Gasteiger partial charge on any atom is -0.351 e. The van der Waals surface area contributed by atoms with Gasteiger partial charge in [-0.15, -0.1) is 0 Å². The van der Waals surface area contributed by atoms with Gasteiger partial charge in [0.15, 0.2) is 0 Å². The van der Waals surface area contributed by atoms with Gasteiger partial charge in [0.2, 0.25) is 5.91 Å². The Labute approximate surface area is 168 Å². The molecule has 0 fully saturated rings. The van der Waals surface area contributed by atoms with Gasteiger partial charge in [-0.1, -0.05) is 11.6 Å². The molecule has 1 aliphatic rings. The van der Waals surface area contributed by atoms with E-state index >= 15 is 0 Å². The van der Waals surface area contributed by atoms with Crippen molar-refractivity contribution in [2.45, 2.75) is 25.9 Å². The SMILES string of the molecule is CC(C)(NN1C=NC=C(n2cc(CNC(=O)CN)cn2)C1)c1ncccc1Cl. The number of halogens is 1. The molecule has 1 amide bonds. The molecule has 0 bridgehead atoms. The van der Waals surface area contributed by atoms with Crippen molar-refractivity contribution in [3.63, 3.8) is 0 Å². The van der Waals surface area contributed by atoms with Gasteiger partial charge in [0.05, 0.1) is 47.4 Å². The third kappa shape index (κ3) is 4.75. The lowest BCUT2D eigenvalue weighted by Crippen LogP contribution is -2.50. The summed E-state index contributed by atoms with van der Waals surface area (Å²) in [6.07, 6.45) is 8.71. The predicted octanol–water partition coefficient (Wildman–Crippen LogP) is 1.09. The third-order valence-electron chi connectivity index (χ3n) is 4.14. The molecule has 28 heavy (non-hydrogen) atoms. The Balaban J connectivity index is 1.65. The minimum absolute atomic E-state index is 0.0370. The van der Waals surface area contributed by atoms with Gasteiger partial charge < -0.3 is 11.1 Å². The summed E-state index contributed by atoms with van der Waals surface area (Å²) >= 11 is 6.30. The van der Waals surface area contributed by atoms with E-state index in [1.165, 1.54) is 0 Å². The lowest BCUT2D eigenvalue weighted by atomic mass is 10.0. The molecule has 9 nitrogen and oxygen atoms in total. The first-order valence-electron chi connectivity index (χ1n) is 8.77. The number of nitrogens with zero attached hydrogens (tertiary/aromatic N) is 5. The molecule has 0 unspecified atom stereocenters. The highest BCUT2D eigenvalue weighted by molar-refractivity contribution is 6.31. The van der Waals surface area contributed by atoms with Crippen molar-refractivity contribution >= 4 is 29.5 Å². The fraction of sp³-hybridized carbons (Fsp3) is 0.333. The molecule has 0 saturated carbocycles. The van der Waals surface area contributed by atoms with E-state index in [4.69, 9.17) is 17.3 Å². The molecule has 3 heterocycles. The number of pyridine rings is 1. The van der Waals surface area contributed by atoms with Gasteiger partial charge in [0.1, 0.15) is 6.34 Å². The lowest BCUT2D eigenvalue weighted by molar-refractivity contribution is -0.119. The highest BCUT2D eigenvalue weighted by Gasteiger charge is 2.27. The number of hydrogen-bond acceptors (Lipinski definition) is 7. The molecular weight excluding hydrogens is 380 g/mol. The van der Waals surface area contributed by atoms with E-state index in [-0.39, 0.29) is 12.5 Å². The van der Waals surface area contributed by atoms with E-state index in [1.807, 2.05) is 31.1 Å². The first kappa shape index (κ1) is 20.0. The van der Waals surface area contributed by atoms with E-state index in [0.717, 1.165) is 17.0 Å². The van der Waals surface area contributed by atoms with Crippen LogP contribution in [0.2, 0.25) is 5.02 Å². The molecule has 0 aromatic carbocycles. The number of nitrogens with one attached hydrogen (secondary N) is 2. The van der Waals surface area contributed by atoms with Gasteiger partial charge in [-0.05, 0) is 26.0 Å². The van der Waals surface area contributed by atoms with Gasteiger partial charge in [0.25, 0.3) is 0 Å². The number of carbonyl (C=O) groups excluding carboxylic acids is 1.